The van der Waals surface area contributed by atoms with E-state index in [0.717, 1.165) is 37.6 Å². The van der Waals surface area contributed by atoms with Gasteiger partial charge in [-0.05, 0) is 44.3 Å². The predicted molar refractivity (Wildman–Crippen MR) is 123 cm³/mol. The maximum atomic E-state index is 13.0. The Labute approximate surface area is 187 Å². The predicted octanol–water partition coefficient (Wildman–Crippen LogP) is 2.60. The Morgan fingerprint density at radius 2 is 1.81 bits per heavy atom. The number of nitrogens with one attached hydrogen (secondary N) is 1. The van der Waals surface area contributed by atoms with Gasteiger partial charge in [-0.25, -0.2) is 4.68 Å². The molecule has 0 aliphatic carbocycles. The molecule has 0 atom stereocenters. The van der Waals surface area contributed by atoms with Gasteiger partial charge in [0.05, 0.1) is 19.9 Å². The van der Waals surface area contributed by atoms with E-state index in [1.54, 1.807) is 44.0 Å². The molecule has 0 unspecified atom stereocenters. The van der Waals surface area contributed by atoms with Gasteiger partial charge in [0.25, 0.3) is 5.91 Å². The Bertz CT molecular complexity index is 1100. The third kappa shape index (κ3) is 4.38. The molecular formula is C23H28N6O3. The minimum Gasteiger partial charge on any atom is -0.497 e. The Morgan fingerprint density at radius 3 is 2.53 bits per heavy atom. The zero-order valence-corrected chi connectivity index (χ0v) is 18.8. The molecule has 3 aromatic rings. The summed E-state index contributed by atoms with van der Waals surface area (Å²) < 4.78 is 12.3. The second-order valence-electron chi connectivity index (χ2n) is 7.77. The molecule has 0 radical (unpaired) electrons. The van der Waals surface area contributed by atoms with E-state index in [4.69, 9.17) is 9.47 Å². The second kappa shape index (κ2) is 9.27. The number of methoxy groups -OCH3 is 2. The number of anilines is 2. The molecular weight excluding hydrogens is 408 g/mol. The fraction of sp³-hybridized carbons (Fsp3) is 0.348. The number of benzene rings is 2. The first kappa shape index (κ1) is 21.6. The number of piperazine rings is 1. The lowest BCUT2D eigenvalue weighted by Crippen LogP contribution is -2.44. The highest BCUT2D eigenvalue weighted by Gasteiger charge is 2.20. The smallest absolute Gasteiger partial charge is 0.278 e. The number of ether oxygens (including phenoxy) is 2. The highest BCUT2D eigenvalue weighted by Crippen LogP contribution is 2.28. The van der Waals surface area contributed by atoms with E-state index in [1.165, 1.54) is 0 Å². The van der Waals surface area contributed by atoms with Crippen LogP contribution in [0.5, 0.6) is 11.5 Å². The number of rotatable bonds is 6. The monoisotopic (exact) mass is 436 g/mol. The maximum absolute atomic E-state index is 13.0. The summed E-state index contributed by atoms with van der Waals surface area (Å²) in [6.45, 7) is 5.77. The van der Waals surface area contributed by atoms with E-state index in [1.807, 2.05) is 18.2 Å². The summed E-state index contributed by atoms with van der Waals surface area (Å²) in [5.41, 5.74) is 3.31. The topological polar surface area (TPSA) is 84.8 Å². The van der Waals surface area contributed by atoms with Crippen molar-refractivity contribution in [1.29, 1.82) is 0 Å². The average Bonchev–Trinajstić information content (AvgIpc) is 3.20. The first-order valence-electron chi connectivity index (χ1n) is 10.5. The molecule has 9 nitrogen and oxygen atoms in total. The Morgan fingerprint density at radius 1 is 1.03 bits per heavy atom. The molecule has 1 N–H and O–H groups in total. The quantitative estimate of drug-likeness (QED) is 0.636. The van der Waals surface area contributed by atoms with Crippen LogP contribution in [0.2, 0.25) is 0 Å². The van der Waals surface area contributed by atoms with Crippen LogP contribution in [0.1, 0.15) is 16.2 Å². The Kier molecular flexibility index (Phi) is 6.27. The largest absolute Gasteiger partial charge is 0.497 e. The molecule has 2 aromatic carbocycles. The molecule has 0 bridgehead atoms. The van der Waals surface area contributed by atoms with E-state index >= 15 is 0 Å². The van der Waals surface area contributed by atoms with E-state index < -0.39 is 0 Å². The van der Waals surface area contributed by atoms with Crippen molar-refractivity contribution in [2.45, 2.75) is 6.92 Å². The van der Waals surface area contributed by atoms with E-state index in [2.05, 4.69) is 38.5 Å². The molecule has 4 rings (SSSR count). The number of amides is 1. The maximum Gasteiger partial charge on any atom is 0.278 e. The molecule has 1 aromatic heterocycles. The second-order valence-corrected chi connectivity index (χ2v) is 7.77. The number of hydrogen-bond acceptors (Lipinski definition) is 7. The van der Waals surface area contributed by atoms with Crippen LogP contribution in [0.4, 0.5) is 11.4 Å². The third-order valence-electron chi connectivity index (χ3n) is 5.70. The van der Waals surface area contributed by atoms with Crippen molar-refractivity contribution in [1.82, 2.24) is 19.9 Å². The fourth-order valence-electron chi connectivity index (χ4n) is 3.77. The Hall–Kier alpha value is -3.59. The first-order chi connectivity index (χ1) is 15.5. The summed E-state index contributed by atoms with van der Waals surface area (Å²) in [6, 6.07) is 13.3. The number of carbonyl (C=O) groups excluding carboxylic acids is 1. The number of aromatic nitrogens is 3. The third-order valence-corrected chi connectivity index (χ3v) is 5.70. The van der Waals surface area contributed by atoms with Crippen molar-refractivity contribution in [2.75, 3.05) is 57.7 Å². The standard InChI is InChI=1S/C23H28N6O3/c1-16-22(25-26-29(16)20-15-19(31-3)8-9-21(20)32-4)23(30)24-17-6-5-7-18(14-17)28-12-10-27(2)11-13-28/h5-9,14-15H,10-13H2,1-4H3,(H,24,30). The van der Waals surface area contributed by atoms with Crippen molar-refractivity contribution in [3.05, 3.63) is 53.9 Å². The molecule has 1 amide bonds. The van der Waals surface area contributed by atoms with Crippen LogP contribution < -0.4 is 19.7 Å². The van der Waals surface area contributed by atoms with Crippen molar-refractivity contribution in [3.63, 3.8) is 0 Å². The van der Waals surface area contributed by atoms with Crippen LogP contribution in [0.25, 0.3) is 5.69 Å². The summed E-state index contributed by atoms with van der Waals surface area (Å²) in [6.07, 6.45) is 0. The van der Waals surface area contributed by atoms with Crippen LogP contribution in [-0.2, 0) is 0 Å². The van der Waals surface area contributed by atoms with Gasteiger partial charge in [-0.15, -0.1) is 5.10 Å². The summed E-state index contributed by atoms with van der Waals surface area (Å²) >= 11 is 0. The highest BCUT2D eigenvalue weighted by atomic mass is 16.5. The molecule has 1 fully saturated rings. The van der Waals surface area contributed by atoms with Gasteiger partial charge in [0.2, 0.25) is 0 Å². The lowest BCUT2D eigenvalue weighted by atomic mass is 10.2. The molecule has 1 saturated heterocycles. The van der Waals surface area contributed by atoms with E-state index in [-0.39, 0.29) is 11.6 Å². The molecule has 168 valence electrons. The Balaban J connectivity index is 1.55. The van der Waals surface area contributed by atoms with Crippen LogP contribution in [-0.4, -0.2) is 73.2 Å². The van der Waals surface area contributed by atoms with E-state index in [9.17, 15) is 4.79 Å². The first-order valence-corrected chi connectivity index (χ1v) is 10.5. The van der Waals surface area contributed by atoms with Gasteiger partial charge in [0.1, 0.15) is 17.2 Å². The molecule has 1 aliphatic rings. The number of carbonyl (C=O) groups is 1. The average molecular weight is 437 g/mol. The zero-order chi connectivity index (χ0) is 22.7. The van der Waals surface area contributed by atoms with Gasteiger partial charge in [-0.2, -0.15) is 0 Å². The number of nitrogens with zero attached hydrogens (tertiary/aromatic N) is 5. The van der Waals surface area contributed by atoms with Gasteiger partial charge in [-0.1, -0.05) is 11.3 Å². The summed E-state index contributed by atoms with van der Waals surface area (Å²) in [4.78, 5) is 17.6. The molecule has 1 aliphatic heterocycles. The van der Waals surface area contributed by atoms with Crippen LogP contribution >= 0.6 is 0 Å². The molecule has 2 heterocycles. The summed E-state index contributed by atoms with van der Waals surface area (Å²) in [5, 5.41) is 11.3. The lowest BCUT2D eigenvalue weighted by molar-refractivity contribution is 0.102. The summed E-state index contributed by atoms with van der Waals surface area (Å²) in [5.74, 6) is 0.944. The van der Waals surface area contributed by atoms with Crippen LogP contribution in [0.15, 0.2) is 42.5 Å². The lowest BCUT2D eigenvalue weighted by Gasteiger charge is -2.34. The van der Waals surface area contributed by atoms with Gasteiger partial charge < -0.3 is 24.6 Å². The summed E-state index contributed by atoms with van der Waals surface area (Å²) in [7, 11) is 5.30. The molecule has 32 heavy (non-hydrogen) atoms. The number of hydrogen-bond donors (Lipinski definition) is 1. The minimum absolute atomic E-state index is 0.250. The van der Waals surface area contributed by atoms with Gasteiger partial charge in [-0.3, -0.25) is 4.79 Å². The van der Waals surface area contributed by atoms with Crippen molar-refractivity contribution in [3.8, 4) is 17.2 Å². The normalized spacial score (nSPS) is 14.3. The van der Waals surface area contributed by atoms with Gasteiger partial charge >= 0.3 is 0 Å². The van der Waals surface area contributed by atoms with Crippen LogP contribution in [0.3, 0.4) is 0 Å². The van der Waals surface area contributed by atoms with Gasteiger partial charge in [0.15, 0.2) is 5.69 Å². The molecule has 9 heteroatoms. The zero-order valence-electron chi connectivity index (χ0n) is 18.8. The highest BCUT2D eigenvalue weighted by molar-refractivity contribution is 6.03. The van der Waals surface area contributed by atoms with Gasteiger partial charge in [0, 0.05) is 43.6 Å². The minimum atomic E-state index is -0.314. The van der Waals surface area contributed by atoms with Crippen LogP contribution in [0, 0.1) is 6.92 Å². The van der Waals surface area contributed by atoms with Crippen molar-refractivity contribution < 1.29 is 14.3 Å². The van der Waals surface area contributed by atoms with Crippen molar-refractivity contribution >= 4 is 17.3 Å². The molecule has 0 spiro atoms. The number of likely N-dealkylation sites (N-methyl/N-ethyl adjacent to an activating group) is 1. The van der Waals surface area contributed by atoms with Crippen molar-refractivity contribution in [2.24, 2.45) is 0 Å². The SMILES string of the molecule is COc1ccc(OC)c(-n2nnc(C(=O)Nc3cccc(N4CCN(C)CC4)c3)c2C)c1. The fourth-order valence-corrected chi connectivity index (χ4v) is 3.77. The van der Waals surface area contributed by atoms with E-state index in [0.29, 0.717) is 22.9 Å². The molecule has 0 saturated carbocycles.